The summed E-state index contributed by atoms with van der Waals surface area (Å²) in [4.78, 5) is 14.8. The lowest BCUT2D eigenvalue weighted by molar-refractivity contribution is -0.137. The van der Waals surface area contributed by atoms with Crippen molar-refractivity contribution in [2.45, 2.75) is 43.9 Å². The zero-order valence-electron chi connectivity index (χ0n) is 14.3. The molecule has 1 aliphatic carbocycles. The van der Waals surface area contributed by atoms with Crippen molar-refractivity contribution < 1.29 is 13.2 Å². The molecule has 1 heterocycles. The highest BCUT2D eigenvalue weighted by Crippen LogP contribution is 2.26. The highest BCUT2D eigenvalue weighted by molar-refractivity contribution is 7.89. The van der Waals surface area contributed by atoms with Crippen molar-refractivity contribution in [3.8, 4) is 0 Å². The maximum Gasteiger partial charge on any atom is 0.243 e. The number of benzene rings is 1. The van der Waals surface area contributed by atoms with Crippen LogP contribution in [0.3, 0.4) is 0 Å². The average Bonchev–Trinajstić information content (AvgIpc) is 2.62. The maximum atomic E-state index is 12.7. The second kappa shape index (κ2) is 7.23. The van der Waals surface area contributed by atoms with Crippen LogP contribution in [0.25, 0.3) is 0 Å². The zero-order valence-corrected chi connectivity index (χ0v) is 15.1. The number of sulfonamides is 1. The van der Waals surface area contributed by atoms with Crippen LogP contribution in [0.1, 0.15) is 37.7 Å². The van der Waals surface area contributed by atoms with Gasteiger partial charge < -0.3 is 4.90 Å². The monoisotopic (exact) mass is 350 g/mol. The summed E-state index contributed by atoms with van der Waals surface area (Å²) in [7, 11) is -3.46. The van der Waals surface area contributed by atoms with E-state index >= 15 is 0 Å². The summed E-state index contributed by atoms with van der Waals surface area (Å²) in [6.45, 7) is 3.66. The molecule has 0 bridgehead atoms. The Hall–Kier alpha value is -1.40. The van der Waals surface area contributed by atoms with Gasteiger partial charge in [-0.1, -0.05) is 31.4 Å². The number of amides is 1. The van der Waals surface area contributed by atoms with Gasteiger partial charge in [0.15, 0.2) is 0 Å². The van der Waals surface area contributed by atoms with E-state index in [1.165, 1.54) is 10.7 Å². The van der Waals surface area contributed by atoms with E-state index in [1.54, 1.807) is 18.2 Å². The third-order valence-corrected chi connectivity index (χ3v) is 7.03. The summed E-state index contributed by atoms with van der Waals surface area (Å²) in [5, 5.41) is 0. The standard InChI is InChI=1S/C18H26N2O3S/c1-15-6-5-9-17(14-15)24(22,23)20-12-10-19(11-13-20)18(21)16-7-3-2-4-8-16/h5-6,9,14,16H,2-4,7-8,10-13H2,1H3. The molecular weight excluding hydrogens is 324 g/mol. The van der Waals surface area contributed by atoms with E-state index in [2.05, 4.69) is 0 Å². The molecule has 2 aliphatic rings. The van der Waals surface area contributed by atoms with Crippen LogP contribution in [0.15, 0.2) is 29.2 Å². The molecule has 6 heteroatoms. The molecule has 1 saturated heterocycles. The summed E-state index contributed by atoms with van der Waals surface area (Å²) in [5.41, 5.74) is 0.933. The molecule has 1 aromatic rings. The molecule has 1 saturated carbocycles. The fraction of sp³-hybridized carbons (Fsp3) is 0.611. The minimum absolute atomic E-state index is 0.152. The lowest BCUT2D eigenvalue weighted by atomic mass is 9.88. The molecule has 5 nitrogen and oxygen atoms in total. The Morgan fingerprint density at radius 3 is 2.33 bits per heavy atom. The van der Waals surface area contributed by atoms with Gasteiger partial charge in [-0.15, -0.1) is 0 Å². The first-order valence-electron chi connectivity index (χ1n) is 8.84. The second-order valence-electron chi connectivity index (χ2n) is 6.88. The molecule has 0 N–H and O–H groups in total. The Bertz CT molecular complexity index is 688. The van der Waals surface area contributed by atoms with Crippen LogP contribution in [0.5, 0.6) is 0 Å². The van der Waals surface area contributed by atoms with E-state index < -0.39 is 10.0 Å². The van der Waals surface area contributed by atoms with E-state index in [1.807, 2.05) is 17.9 Å². The number of hydrogen-bond donors (Lipinski definition) is 0. The number of hydrogen-bond acceptors (Lipinski definition) is 3. The largest absolute Gasteiger partial charge is 0.340 e. The van der Waals surface area contributed by atoms with Crippen molar-refractivity contribution in [2.24, 2.45) is 5.92 Å². The summed E-state index contributed by atoms with van der Waals surface area (Å²) in [5.74, 6) is 0.376. The van der Waals surface area contributed by atoms with Crippen molar-refractivity contribution in [3.63, 3.8) is 0 Å². The van der Waals surface area contributed by atoms with E-state index in [-0.39, 0.29) is 11.8 Å². The van der Waals surface area contributed by atoms with Gasteiger partial charge >= 0.3 is 0 Å². The molecule has 0 atom stereocenters. The fourth-order valence-corrected chi connectivity index (χ4v) is 5.21. The number of piperazine rings is 1. The van der Waals surface area contributed by atoms with Crippen molar-refractivity contribution >= 4 is 15.9 Å². The predicted molar refractivity (Wildman–Crippen MR) is 93.1 cm³/mol. The van der Waals surface area contributed by atoms with Gasteiger partial charge in [0.25, 0.3) is 0 Å². The molecule has 24 heavy (non-hydrogen) atoms. The van der Waals surface area contributed by atoms with E-state index in [4.69, 9.17) is 0 Å². The Kier molecular flexibility index (Phi) is 5.25. The molecular formula is C18H26N2O3S. The third kappa shape index (κ3) is 3.64. The Morgan fingerprint density at radius 2 is 1.71 bits per heavy atom. The Morgan fingerprint density at radius 1 is 1.04 bits per heavy atom. The normalized spacial score (nSPS) is 21.0. The molecule has 0 unspecified atom stereocenters. The SMILES string of the molecule is Cc1cccc(S(=O)(=O)N2CCN(C(=O)C3CCCCC3)CC2)c1. The fourth-order valence-electron chi connectivity index (χ4n) is 3.68. The lowest BCUT2D eigenvalue weighted by Crippen LogP contribution is -2.52. The summed E-state index contributed by atoms with van der Waals surface area (Å²) in [6, 6.07) is 7.00. The van der Waals surface area contributed by atoms with Gasteiger partial charge in [0.2, 0.25) is 15.9 Å². The van der Waals surface area contributed by atoms with Gasteiger partial charge in [0.1, 0.15) is 0 Å². The summed E-state index contributed by atoms with van der Waals surface area (Å²) >= 11 is 0. The first-order chi connectivity index (χ1) is 11.5. The highest BCUT2D eigenvalue weighted by Gasteiger charge is 2.32. The molecule has 2 fully saturated rings. The van der Waals surface area contributed by atoms with Gasteiger partial charge in [0.05, 0.1) is 4.90 Å². The second-order valence-corrected chi connectivity index (χ2v) is 8.82. The molecule has 0 radical (unpaired) electrons. The minimum atomic E-state index is -3.46. The summed E-state index contributed by atoms with van der Waals surface area (Å²) in [6.07, 6.45) is 5.48. The van der Waals surface area contributed by atoms with Crippen LogP contribution < -0.4 is 0 Å². The van der Waals surface area contributed by atoms with Crippen LogP contribution in [0, 0.1) is 12.8 Å². The van der Waals surface area contributed by atoms with Crippen LogP contribution >= 0.6 is 0 Å². The smallest absolute Gasteiger partial charge is 0.243 e. The molecule has 0 aromatic heterocycles. The molecule has 1 aliphatic heterocycles. The highest BCUT2D eigenvalue weighted by atomic mass is 32.2. The molecule has 1 aromatic carbocycles. The van der Waals surface area contributed by atoms with Crippen LogP contribution in [0.4, 0.5) is 0 Å². The quantitative estimate of drug-likeness (QED) is 0.841. The van der Waals surface area contributed by atoms with Crippen molar-refractivity contribution in [3.05, 3.63) is 29.8 Å². The summed E-state index contributed by atoms with van der Waals surface area (Å²) < 4.78 is 27.0. The van der Waals surface area contributed by atoms with Gasteiger partial charge in [-0.25, -0.2) is 8.42 Å². The Labute approximate surface area is 144 Å². The molecule has 0 spiro atoms. The first-order valence-corrected chi connectivity index (χ1v) is 10.3. The van der Waals surface area contributed by atoms with Crippen molar-refractivity contribution in [1.29, 1.82) is 0 Å². The van der Waals surface area contributed by atoms with E-state index in [9.17, 15) is 13.2 Å². The lowest BCUT2D eigenvalue weighted by Gasteiger charge is -2.36. The van der Waals surface area contributed by atoms with Crippen molar-refractivity contribution in [2.75, 3.05) is 26.2 Å². The third-order valence-electron chi connectivity index (χ3n) is 5.13. The van der Waals surface area contributed by atoms with E-state index in [0.717, 1.165) is 31.2 Å². The predicted octanol–water partition coefficient (Wildman–Crippen LogP) is 2.41. The van der Waals surface area contributed by atoms with Gasteiger partial charge in [-0.05, 0) is 37.5 Å². The zero-order chi connectivity index (χ0) is 17.2. The van der Waals surface area contributed by atoms with Crippen LogP contribution in [-0.4, -0.2) is 49.7 Å². The van der Waals surface area contributed by atoms with E-state index in [0.29, 0.717) is 31.1 Å². The van der Waals surface area contributed by atoms with Crippen LogP contribution in [0.2, 0.25) is 0 Å². The number of rotatable bonds is 3. The number of aryl methyl sites for hydroxylation is 1. The molecule has 3 rings (SSSR count). The number of carbonyl (C=O) groups is 1. The van der Waals surface area contributed by atoms with Crippen molar-refractivity contribution in [1.82, 2.24) is 9.21 Å². The maximum absolute atomic E-state index is 12.7. The molecule has 132 valence electrons. The first kappa shape index (κ1) is 17.4. The van der Waals surface area contributed by atoms with Gasteiger partial charge in [-0.2, -0.15) is 4.31 Å². The van der Waals surface area contributed by atoms with Gasteiger partial charge in [0, 0.05) is 32.1 Å². The van der Waals surface area contributed by atoms with Crippen LogP contribution in [-0.2, 0) is 14.8 Å². The average molecular weight is 350 g/mol. The van der Waals surface area contributed by atoms with Gasteiger partial charge in [-0.3, -0.25) is 4.79 Å². The molecule has 1 amide bonds. The Balaban J connectivity index is 1.63. The topological polar surface area (TPSA) is 57.7 Å². The minimum Gasteiger partial charge on any atom is -0.340 e. The number of nitrogens with zero attached hydrogens (tertiary/aromatic N) is 2. The number of carbonyl (C=O) groups excluding carboxylic acids is 1.